The number of hydrogen-bond acceptors (Lipinski definition) is 7. The lowest BCUT2D eigenvalue weighted by atomic mass is 10.0. The molecule has 0 spiro atoms. The average molecular weight is 514 g/mol. The molecule has 0 bridgehead atoms. The van der Waals surface area contributed by atoms with Gasteiger partial charge < -0.3 is 20.0 Å². The first-order valence-corrected chi connectivity index (χ1v) is 14.3. The molecule has 3 aliphatic heterocycles. The first-order valence-electron chi connectivity index (χ1n) is 14.3. The summed E-state index contributed by atoms with van der Waals surface area (Å²) in [6.07, 6.45) is 5.37. The van der Waals surface area contributed by atoms with Crippen LogP contribution in [0, 0.1) is 0 Å². The van der Waals surface area contributed by atoms with E-state index in [1.54, 1.807) is 0 Å². The van der Waals surface area contributed by atoms with Crippen LogP contribution in [0.4, 0.5) is 17.6 Å². The summed E-state index contributed by atoms with van der Waals surface area (Å²) in [7, 11) is 0. The van der Waals surface area contributed by atoms with Gasteiger partial charge in [-0.2, -0.15) is 9.97 Å². The number of benzene rings is 2. The summed E-state index contributed by atoms with van der Waals surface area (Å²) in [5.74, 6) is 3.14. The van der Waals surface area contributed by atoms with Crippen LogP contribution < -0.4 is 20.0 Å². The molecule has 38 heavy (non-hydrogen) atoms. The third-order valence-electron chi connectivity index (χ3n) is 8.13. The van der Waals surface area contributed by atoms with E-state index in [0.717, 1.165) is 82.1 Å². The number of nitrogens with one attached hydrogen (secondary N) is 1. The van der Waals surface area contributed by atoms with Gasteiger partial charge in [0.15, 0.2) is 0 Å². The zero-order valence-corrected chi connectivity index (χ0v) is 22.3. The van der Waals surface area contributed by atoms with Crippen LogP contribution in [-0.2, 0) is 11.2 Å². The maximum atomic E-state index is 12.5. The van der Waals surface area contributed by atoms with Crippen molar-refractivity contribution < 1.29 is 4.79 Å². The van der Waals surface area contributed by atoms with Crippen LogP contribution in [0.3, 0.4) is 0 Å². The van der Waals surface area contributed by atoms with Gasteiger partial charge >= 0.3 is 0 Å². The van der Waals surface area contributed by atoms with Crippen molar-refractivity contribution in [3.05, 3.63) is 54.1 Å². The number of anilines is 3. The van der Waals surface area contributed by atoms with E-state index >= 15 is 0 Å². The highest BCUT2D eigenvalue weighted by Gasteiger charge is 2.24. The van der Waals surface area contributed by atoms with Gasteiger partial charge in [0.2, 0.25) is 11.9 Å². The minimum atomic E-state index is 0.0868. The van der Waals surface area contributed by atoms with Crippen LogP contribution in [0.25, 0.3) is 10.8 Å². The fraction of sp³-hybridized carbons (Fsp3) is 0.500. The Balaban J connectivity index is 1.00. The molecule has 0 aliphatic carbocycles. The third kappa shape index (κ3) is 5.85. The van der Waals surface area contributed by atoms with Crippen LogP contribution in [0.2, 0.25) is 0 Å². The molecule has 0 radical (unpaired) electrons. The lowest BCUT2D eigenvalue weighted by Gasteiger charge is -2.36. The van der Waals surface area contributed by atoms with E-state index in [2.05, 4.69) is 61.3 Å². The van der Waals surface area contributed by atoms with Crippen LogP contribution in [-0.4, -0.2) is 86.2 Å². The second kappa shape index (κ2) is 11.6. The summed E-state index contributed by atoms with van der Waals surface area (Å²) in [6, 6.07) is 16.7. The average Bonchev–Trinajstić information content (AvgIpc) is 3.69. The first kappa shape index (κ1) is 24.9. The fourth-order valence-electron chi connectivity index (χ4n) is 5.89. The van der Waals surface area contributed by atoms with Gasteiger partial charge in [-0.3, -0.25) is 9.69 Å². The second-order valence-electron chi connectivity index (χ2n) is 10.8. The van der Waals surface area contributed by atoms with Crippen LogP contribution >= 0.6 is 0 Å². The van der Waals surface area contributed by atoms with E-state index in [0.29, 0.717) is 13.0 Å². The fourth-order valence-corrected chi connectivity index (χ4v) is 5.89. The molecule has 6 rings (SSSR count). The molecule has 8 heteroatoms. The molecule has 200 valence electrons. The second-order valence-corrected chi connectivity index (χ2v) is 10.8. The lowest BCUT2D eigenvalue weighted by molar-refractivity contribution is -0.120. The molecule has 2 aromatic carbocycles. The summed E-state index contributed by atoms with van der Waals surface area (Å²) in [4.78, 5) is 32.2. The Morgan fingerprint density at radius 3 is 2.05 bits per heavy atom. The number of carbonyl (C=O) groups excluding carboxylic acids is 1. The van der Waals surface area contributed by atoms with Crippen LogP contribution in [0.1, 0.15) is 31.2 Å². The molecule has 0 saturated carbocycles. The normalized spacial score (nSPS) is 18.5. The summed E-state index contributed by atoms with van der Waals surface area (Å²) < 4.78 is 0. The maximum Gasteiger partial charge on any atom is 0.229 e. The van der Waals surface area contributed by atoms with E-state index in [-0.39, 0.29) is 5.91 Å². The van der Waals surface area contributed by atoms with E-state index in [9.17, 15) is 4.79 Å². The quantitative estimate of drug-likeness (QED) is 0.496. The Morgan fingerprint density at radius 1 is 0.711 bits per heavy atom. The number of fused-ring (bicyclic) bond motifs is 1. The largest absolute Gasteiger partial charge is 0.356 e. The zero-order valence-electron chi connectivity index (χ0n) is 22.3. The molecule has 3 fully saturated rings. The zero-order chi connectivity index (χ0) is 25.7. The Bertz CT molecular complexity index is 1210. The van der Waals surface area contributed by atoms with E-state index in [1.807, 2.05) is 12.1 Å². The van der Waals surface area contributed by atoms with Crippen molar-refractivity contribution in [3.63, 3.8) is 0 Å². The monoisotopic (exact) mass is 513 g/mol. The van der Waals surface area contributed by atoms with Gasteiger partial charge in [0.05, 0.1) is 6.42 Å². The van der Waals surface area contributed by atoms with E-state index < -0.39 is 0 Å². The van der Waals surface area contributed by atoms with Gasteiger partial charge in [-0.15, -0.1) is 0 Å². The van der Waals surface area contributed by atoms with Crippen molar-refractivity contribution in [1.29, 1.82) is 0 Å². The highest BCUT2D eigenvalue weighted by molar-refractivity contribution is 5.85. The highest BCUT2D eigenvalue weighted by atomic mass is 16.1. The van der Waals surface area contributed by atoms with Gasteiger partial charge in [0, 0.05) is 71.5 Å². The van der Waals surface area contributed by atoms with Gasteiger partial charge in [-0.1, -0.05) is 42.5 Å². The predicted octanol–water partition coefficient (Wildman–Crippen LogP) is 3.31. The van der Waals surface area contributed by atoms with Crippen LogP contribution in [0.5, 0.6) is 0 Å². The number of rotatable bonds is 8. The third-order valence-corrected chi connectivity index (χ3v) is 8.13. The molecule has 3 aromatic rings. The molecule has 1 amide bonds. The summed E-state index contributed by atoms with van der Waals surface area (Å²) in [6.45, 7) is 9.70. The number of piperazine rings is 1. The number of amides is 1. The Labute approximate surface area is 225 Å². The van der Waals surface area contributed by atoms with Crippen molar-refractivity contribution >= 4 is 34.3 Å². The molecule has 3 saturated heterocycles. The van der Waals surface area contributed by atoms with Crippen molar-refractivity contribution in [2.45, 2.75) is 32.1 Å². The molecule has 0 unspecified atom stereocenters. The molecular formula is C30H39N7O. The minimum Gasteiger partial charge on any atom is -0.356 e. The molecule has 4 heterocycles. The SMILES string of the molecule is O=C(Cc1ccc2ccccc2c1)NCCN1CCN(c2cc(N3CCCC3)nc(N3CCCC3)n2)CC1. The van der Waals surface area contributed by atoms with Gasteiger partial charge in [0.1, 0.15) is 11.6 Å². The topological polar surface area (TPSA) is 67.8 Å². The lowest BCUT2D eigenvalue weighted by Crippen LogP contribution is -2.49. The smallest absolute Gasteiger partial charge is 0.229 e. The van der Waals surface area contributed by atoms with Crippen molar-refractivity contribution in [2.24, 2.45) is 0 Å². The molecule has 0 atom stereocenters. The van der Waals surface area contributed by atoms with E-state index in [4.69, 9.17) is 9.97 Å². The molecule has 1 aromatic heterocycles. The number of hydrogen-bond donors (Lipinski definition) is 1. The Hall–Kier alpha value is -3.39. The standard InChI is InChI=1S/C30H39N7O/c38-29(22-24-9-10-25-7-1-2-8-26(25)21-24)31-11-16-34-17-19-36(20-18-34)28-23-27(35-12-3-4-13-35)32-30(33-28)37-14-5-6-15-37/h1-2,7-10,21,23H,3-6,11-20,22H2,(H,31,38). The molecular weight excluding hydrogens is 474 g/mol. The summed E-state index contributed by atoms with van der Waals surface area (Å²) >= 11 is 0. The number of nitrogens with zero attached hydrogens (tertiary/aromatic N) is 6. The van der Waals surface area contributed by atoms with Gasteiger partial charge in [-0.05, 0) is 42.0 Å². The first-order chi connectivity index (χ1) is 18.7. The molecule has 3 aliphatic rings. The predicted molar refractivity (Wildman–Crippen MR) is 154 cm³/mol. The number of aromatic nitrogens is 2. The van der Waals surface area contributed by atoms with Crippen molar-refractivity contribution in [3.8, 4) is 0 Å². The summed E-state index contributed by atoms with van der Waals surface area (Å²) in [5.41, 5.74) is 1.06. The van der Waals surface area contributed by atoms with E-state index in [1.165, 1.54) is 36.5 Å². The Kier molecular flexibility index (Phi) is 7.58. The Morgan fingerprint density at radius 2 is 1.34 bits per heavy atom. The highest BCUT2D eigenvalue weighted by Crippen LogP contribution is 2.27. The van der Waals surface area contributed by atoms with Crippen molar-refractivity contribution in [2.75, 3.05) is 80.1 Å². The van der Waals surface area contributed by atoms with Crippen molar-refractivity contribution in [1.82, 2.24) is 20.2 Å². The maximum absolute atomic E-state index is 12.5. The molecule has 8 nitrogen and oxygen atoms in total. The molecule has 1 N–H and O–H groups in total. The van der Waals surface area contributed by atoms with Gasteiger partial charge in [-0.25, -0.2) is 0 Å². The van der Waals surface area contributed by atoms with Gasteiger partial charge in [0.25, 0.3) is 0 Å². The minimum absolute atomic E-state index is 0.0868. The van der Waals surface area contributed by atoms with Crippen LogP contribution in [0.15, 0.2) is 48.5 Å². The number of carbonyl (C=O) groups is 1. The summed E-state index contributed by atoms with van der Waals surface area (Å²) in [5, 5.41) is 5.51.